The molecule has 78 valence electrons. The van der Waals surface area contributed by atoms with Crippen LogP contribution in [0, 0.1) is 13.8 Å². The summed E-state index contributed by atoms with van der Waals surface area (Å²) < 4.78 is 0. The highest BCUT2D eigenvalue weighted by molar-refractivity contribution is 5.68. The van der Waals surface area contributed by atoms with E-state index in [1.807, 2.05) is 19.1 Å². The predicted molar refractivity (Wildman–Crippen MR) is 57.0 cm³/mol. The fourth-order valence-corrected chi connectivity index (χ4v) is 0.774. The van der Waals surface area contributed by atoms with Crippen molar-refractivity contribution in [1.82, 2.24) is 0 Å². The average Bonchev–Trinajstić information content (AvgIpc) is 2.15. The number of carboxylic acids is 1. The first kappa shape index (κ1) is 12.4. The molecule has 1 rings (SSSR count). The van der Waals surface area contributed by atoms with Crippen molar-refractivity contribution in [3.8, 4) is 0 Å². The van der Waals surface area contributed by atoms with Crippen molar-refractivity contribution in [2.75, 3.05) is 12.3 Å². The third-order valence-electron chi connectivity index (χ3n) is 1.82. The van der Waals surface area contributed by atoms with Crippen LogP contribution >= 0.6 is 0 Å². The molecule has 0 heterocycles. The second-order valence-corrected chi connectivity index (χ2v) is 2.89. The van der Waals surface area contributed by atoms with E-state index < -0.39 is 5.97 Å². The first-order valence-corrected chi connectivity index (χ1v) is 4.22. The number of rotatable bonds is 1. The molecule has 0 aliphatic heterocycles. The Bertz CT molecular complexity index is 291. The van der Waals surface area contributed by atoms with Crippen LogP contribution < -0.4 is 11.5 Å². The van der Waals surface area contributed by atoms with E-state index in [4.69, 9.17) is 10.8 Å². The maximum atomic E-state index is 9.24. The van der Waals surface area contributed by atoms with Crippen LogP contribution in [-0.2, 0) is 4.79 Å². The molecule has 0 saturated carbocycles. The molecule has 0 aliphatic carbocycles. The molecule has 14 heavy (non-hydrogen) atoms. The standard InChI is InChI=1S/C8H11N.C2H5NO2/c1-6-4-3-5-8(9)7(6)2;3-1-2(4)5/h3-5H,9H2,1-2H3;1,3H2,(H,4,5). The van der Waals surface area contributed by atoms with E-state index in [-0.39, 0.29) is 6.54 Å². The molecule has 0 atom stereocenters. The van der Waals surface area contributed by atoms with Crippen LogP contribution in [0.4, 0.5) is 5.69 Å². The summed E-state index contributed by atoms with van der Waals surface area (Å²) in [6.07, 6.45) is 0. The highest BCUT2D eigenvalue weighted by Crippen LogP contribution is 2.13. The van der Waals surface area contributed by atoms with Gasteiger partial charge in [-0.15, -0.1) is 0 Å². The fourth-order valence-electron chi connectivity index (χ4n) is 0.774. The summed E-state index contributed by atoms with van der Waals surface area (Å²) in [5.74, 6) is -0.968. The number of carbonyl (C=O) groups is 1. The van der Waals surface area contributed by atoms with E-state index in [0.717, 1.165) is 5.69 Å². The molecule has 1 aromatic rings. The van der Waals surface area contributed by atoms with Crippen LogP contribution in [-0.4, -0.2) is 17.6 Å². The van der Waals surface area contributed by atoms with Gasteiger partial charge in [-0.25, -0.2) is 0 Å². The van der Waals surface area contributed by atoms with E-state index >= 15 is 0 Å². The van der Waals surface area contributed by atoms with Gasteiger partial charge in [-0.05, 0) is 31.0 Å². The van der Waals surface area contributed by atoms with Crippen LogP contribution in [0.5, 0.6) is 0 Å². The van der Waals surface area contributed by atoms with Gasteiger partial charge < -0.3 is 16.6 Å². The Morgan fingerprint density at radius 1 is 1.43 bits per heavy atom. The molecule has 5 N–H and O–H groups in total. The van der Waals surface area contributed by atoms with Gasteiger partial charge in [0.2, 0.25) is 0 Å². The third-order valence-corrected chi connectivity index (χ3v) is 1.82. The summed E-state index contributed by atoms with van der Waals surface area (Å²) in [5, 5.41) is 7.60. The molecule has 0 aromatic heterocycles. The maximum Gasteiger partial charge on any atom is 0.317 e. The zero-order valence-corrected chi connectivity index (χ0v) is 8.45. The Hall–Kier alpha value is -1.55. The maximum absolute atomic E-state index is 9.24. The van der Waals surface area contributed by atoms with Gasteiger partial charge in [-0.2, -0.15) is 0 Å². The molecule has 0 spiro atoms. The quantitative estimate of drug-likeness (QED) is 0.582. The number of nitrogen functional groups attached to an aromatic ring is 1. The monoisotopic (exact) mass is 196 g/mol. The van der Waals surface area contributed by atoms with Crippen molar-refractivity contribution in [1.29, 1.82) is 0 Å². The second-order valence-electron chi connectivity index (χ2n) is 2.89. The number of nitrogens with two attached hydrogens (primary N) is 2. The largest absolute Gasteiger partial charge is 0.480 e. The van der Waals surface area contributed by atoms with Gasteiger partial charge in [0.05, 0.1) is 6.54 Å². The highest BCUT2D eigenvalue weighted by atomic mass is 16.4. The molecule has 0 bridgehead atoms. The Morgan fingerprint density at radius 2 is 1.93 bits per heavy atom. The van der Waals surface area contributed by atoms with Gasteiger partial charge in [0, 0.05) is 5.69 Å². The number of carboxylic acid groups (broad SMARTS) is 1. The van der Waals surface area contributed by atoms with Gasteiger partial charge >= 0.3 is 5.97 Å². The van der Waals surface area contributed by atoms with Crippen molar-refractivity contribution < 1.29 is 9.90 Å². The van der Waals surface area contributed by atoms with Crippen molar-refractivity contribution >= 4 is 11.7 Å². The van der Waals surface area contributed by atoms with E-state index in [0.29, 0.717) is 0 Å². The van der Waals surface area contributed by atoms with Crippen molar-refractivity contribution in [3.63, 3.8) is 0 Å². The van der Waals surface area contributed by atoms with Crippen LogP contribution in [0.2, 0.25) is 0 Å². The van der Waals surface area contributed by atoms with E-state index in [9.17, 15) is 4.79 Å². The minimum atomic E-state index is -0.968. The summed E-state index contributed by atoms with van der Waals surface area (Å²) in [4.78, 5) is 9.24. The lowest BCUT2D eigenvalue weighted by Crippen LogP contribution is -2.10. The lowest BCUT2D eigenvalue weighted by molar-refractivity contribution is -0.135. The predicted octanol–water partition coefficient (Wildman–Crippen LogP) is 0.915. The number of benzene rings is 1. The number of anilines is 1. The smallest absolute Gasteiger partial charge is 0.317 e. The molecule has 1 aromatic carbocycles. The molecule has 0 unspecified atom stereocenters. The highest BCUT2D eigenvalue weighted by Gasteiger charge is 1.92. The topological polar surface area (TPSA) is 89.3 Å². The summed E-state index contributed by atoms with van der Waals surface area (Å²) in [6, 6.07) is 5.95. The number of aryl methyl sites for hydroxylation is 1. The van der Waals surface area contributed by atoms with Gasteiger partial charge in [0.15, 0.2) is 0 Å². The second kappa shape index (κ2) is 5.99. The summed E-state index contributed by atoms with van der Waals surface area (Å²) in [6.45, 7) is 3.82. The first-order valence-electron chi connectivity index (χ1n) is 4.22. The molecule has 0 amide bonds. The molecular weight excluding hydrogens is 180 g/mol. The zero-order chi connectivity index (χ0) is 11.1. The summed E-state index contributed by atoms with van der Waals surface area (Å²) >= 11 is 0. The molecule has 0 radical (unpaired) electrons. The molecule has 0 saturated heterocycles. The van der Waals surface area contributed by atoms with Crippen LogP contribution in [0.15, 0.2) is 18.2 Å². The van der Waals surface area contributed by atoms with Crippen molar-refractivity contribution in [2.45, 2.75) is 13.8 Å². The molecule has 4 heteroatoms. The minimum Gasteiger partial charge on any atom is -0.480 e. The summed E-state index contributed by atoms with van der Waals surface area (Å²) in [7, 11) is 0. The molecule has 0 aliphatic rings. The van der Waals surface area contributed by atoms with Crippen LogP contribution in [0.25, 0.3) is 0 Å². The Kier molecular flexibility index (Phi) is 5.33. The Morgan fingerprint density at radius 3 is 2.21 bits per heavy atom. The average molecular weight is 196 g/mol. The molecular formula is C10H16N2O2. The Balaban J connectivity index is 0.000000292. The SMILES string of the molecule is Cc1cccc(N)c1C.NCC(=O)O. The molecule has 0 fully saturated rings. The van der Waals surface area contributed by atoms with Crippen LogP contribution in [0.1, 0.15) is 11.1 Å². The minimum absolute atomic E-state index is 0.278. The zero-order valence-electron chi connectivity index (χ0n) is 8.45. The lowest BCUT2D eigenvalue weighted by Gasteiger charge is -2.00. The number of aliphatic carboxylic acids is 1. The van der Waals surface area contributed by atoms with Gasteiger partial charge in [0.1, 0.15) is 0 Å². The van der Waals surface area contributed by atoms with Crippen molar-refractivity contribution in [2.24, 2.45) is 5.73 Å². The third kappa shape index (κ3) is 4.47. The van der Waals surface area contributed by atoms with Gasteiger partial charge in [-0.3, -0.25) is 4.79 Å². The normalized spacial score (nSPS) is 8.79. The molecule has 4 nitrogen and oxygen atoms in total. The number of hydrogen-bond acceptors (Lipinski definition) is 3. The van der Waals surface area contributed by atoms with Crippen LogP contribution in [0.3, 0.4) is 0 Å². The van der Waals surface area contributed by atoms with E-state index in [1.165, 1.54) is 11.1 Å². The van der Waals surface area contributed by atoms with Gasteiger partial charge in [-0.1, -0.05) is 12.1 Å². The number of hydrogen-bond donors (Lipinski definition) is 3. The fraction of sp³-hybridized carbons (Fsp3) is 0.300. The Labute approximate surface area is 83.5 Å². The summed E-state index contributed by atoms with van der Waals surface area (Å²) in [5.41, 5.74) is 13.5. The van der Waals surface area contributed by atoms with E-state index in [1.54, 1.807) is 0 Å². The lowest BCUT2D eigenvalue weighted by atomic mass is 10.1. The van der Waals surface area contributed by atoms with E-state index in [2.05, 4.69) is 18.7 Å². The van der Waals surface area contributed by atoms with Crippen molar-refractivity contribution in [3.05, 3.63) is 29.3 Å². The van der Waals surface area contributed by atoms with Gasteiger partial charge in [0.25, 0.3) is 0 Å². The first-order chi connectivity index (χ1) is 6.49.